The summed E-state index contributed by atoms with van der Waals surface area (Å²) in [6, 6.07) is 12.0. The molecule has 0 aromatic heterocycles. The zero-order valence-electron chi connectivity index (χ0n) is 12.0. The van der Waals surface area contributed by atoms with Crippen LogP contribution in [0.15, 0.2) is 47.4 Å². The number of hydrogen-bond acceptors (Lipinski definition) is 4. The van der Waals surface area contributed by atoms with Crippen molar-refractivity contribution in [3.8, 4) is 5.75 Å². The highest BCUT2D eigenvalue weighted by Crippen LogP contribution is 2.27. The fourth-order valence-corrected chi connectivity index (χ4v) is 3.18. The van der Waals surface area contributed by atoms with E-state index in [0.29, 0.717) is 12.2 Å². The lowest BCUT2D eigenvalue weighted by Crippen LogP contribution is -2.14. The maximum absolute atomic E-state index is 12.5. The molecule has 0 spiro atoms. The van der Waals surface area contributed by atoms with Crippen LogP contribution < -0.4 is 15.2 Å². The number of aryl methyl sites for hydroxylation is 1. The topological polar surface area (TPSA) is 81.4 Å². The van der Waals surface area contributed by atoms with Crippen molar-refractivity contribution in [1.29, 1.82) is 0 Å². The number of ether oxygens (including phenoxy) is 1. The van der Waals surface area contributed by atoms with E-state index >= 15 is 0 Å². The van der Waals surface area contributed by atoms with Crippen molar-refractivity contribution in [3.05, 3.63) is 53.6 Å². The molecule has 3 N–H and O–H groups in total. The van der Waals surface area contributed by atoms with E-state index < -0.39 is 10.0 Å². The van der Waals surface area contributed by atoms with Gasteiger partial charge in [-0.15, -0.1) is 0 Å². The second-order valence-corrected chi connectivity index (χ2v) is 6.32. The van der Waals surface area contributed by atoms with E-state index in [9.17, 15) is 8.42 Å². The fraction of sp³-hybridized carbons (Fsp3) is 0.200. The first-order valence-electron chi connectivity index (χ1n) is 6.43. The molecule has 0 aliphatic rings. The van der Waals surface area contributed by atoms with Crippen LogP contribution in [0.3, 0.4) is 0 Å². The Morgan fingerprint density at radius 2 is 1.95 bits per heavy atom. The summed E-state index contributed by atoms with van der Waals surface area (Å²) in [5, 5.41) is 0. The van der Waals surface area contributed by atoms with E-state index in [2.05, 4.69) is 4.72 Å². The van der Waals surface area contributed by atoms with Crippen LogP contribution >= 0.6 is 0 Å². The Labute approximate surface area is 124 Å². The highest BCUT2D eigenvalue weighted by Gasteiger charge is 2.19. The minimum atomic E-state index is -3.71. The average molecular weight is 306 g/mol. The molecule has 0 atom stereocenters. The molecule has 6 heteroatoms. The number of hydrogen-bond donors (Lipinski definition) is 2. The quantitative estimate of drug-likeness (QED) is 0.888. The summed E-state index contributed by atoms with van der Waals surface area (Å²) in [6.45, 7) is 2.22. The van der Waals surface area contributed by atoms with Crippen molar-refractivity contribution < 1.29 is 13.2 Å². The molecule has 0 bridgehead atoms. The maximum atomic E-state index is 12.5. The van der Waals surface area contributed by atoms with Crippen molar-refractivity contribution >= 4 is 15.7 Å². The zero-order valence-corrected chi connectivity index (χ0v) is 12.8. The summed E-state index contributed by atoms with van der Waals surface area (Å²) in [5.41, 5.74) is 7.85. The summed E-state index contributed by atoms with van der Waals surface area (Å²) in [5.74, 6) is 0.276. The third-order valence-electron chi connectivity index (χ3n) is 3.02. The Morgan fingerprint density at radius 1 is 1.19 bits per heavy atom. The molecule has 2 aromatic carbocycles. The van der Waals surface area contributed by atoms with Crippen LogP contribution in [0.25, 0.3) is 0 Å². The van der Waals surface area contributed by atoms with E-state index in [1.807, 2.05) is 13.0 Å². The number of benzene rings is 2. The second-order valence-electron chi connectivity index (χ2n) is 4.66. The third-order valence-corrected chi connectivity index (χ3v) is 4.44. The summed E-state index contributed by atoms with van der Waals surface area (Å²) in [4.78, 5) is 0.0868. The molecule has 21 heavy (non-hydrogen) atoms. The fourth-order valence-electron chi connectivity index (χ4n) is 1.98. The third kappa shape index (κ3) is 3.53. The van der Waals surface area contributed by atoms with Gasteiger partial charge in [0.15, 0.2) is 0 Å². The van der Waals surface area contributed by atoms with Gasteiger partial charge in [0.2, 0.25) is 0 Å². The number of anilines is 1. The molecular formula is C15H18N2O3S. The molecule has 0 fully saturated rings. The summed E-state index contributed by atoms with van der Waals surface area (Å²) in [7, 11) is -2.28. The van der Waals surface area contributed by atoms with E-state index in [-0.39, 0.29) is 10.6 Å². The van der Waals surface area contributed by atoms with Gasteiger partial charge in [0.25, 0.3) is 10.0 Å². The molecule has 0 unspecified atom stereocenters. The lowest BCUT2D eigenvalue weighted by Gasteiger charge is -2.13. The van der Waals surface area contributed by atoms with Crippen LogP contribution in [0.1, 0.15) is 11.1 Å². The largest absolute Gasteiger partial charge is 0.495 e. The summed E-state index contributed by atoms with van der Waals surface area (Å²) < 4.78 is 32.6. The number of sulfonamides is 1. The minimum Gasteiger partial charge on any atom is -0.495 e. The van der Waals surface area contributed by atoms with Gasteiger partial charge in [-0.3, -0.25) is 4.72 Å². The number of rotatable bonds is 5. The van der Waals surface area contributed by atoms with Gasteiger partial charge in [-0.05, 0) is 42.3 Å². The number of methoxy groups -OCH3 is 1. The van der Waals surface area contributed by atoms with Crippen molar-refractivity contribution in [2.75, 3.05) is 11.8 Å². The molecule has 0 heterocycles. The molecule has 0 aliphatic heterocycles. The van der Waals surface area contributed by atoms with Gasteiger partial charge in [-0.2, -0.15) is 0 Å². The van der Waals surface area contributed by atoms with Crippen molar-refractivity contribution in [3.63, 3.8) is 0 Å². The smallest absolute Gasteiger partial charge is 0.265 e. The first-order valence-corrected chi connectivity index (χ1v) is 7.91. The van der Waals surface area contributed by atoms with Crippen molar-refractivity contribution in [2.24, 2.45) is 5.73 Å². The molecule has 5 nitrogen and oxygen atoms in total. The standard InChI is InChI=1S/C15H18N2O3S/c1-11-4-3-5-13(8-11)17-21(18,19)15-7-6-12(10-16)9-14(15)20-2/h3-9,17H,10,16H2,1-2H3. The Hall–Kier alpha value is -2.05. The van der Waals surface area contributed by atoms with E-state index in [1.165, 1.54) is 13.2 Å². The second kappa shape index (κ2) is 6.15. The summed E-state index contributed by atoms with van der Waals surface area (Å²) in [6.07, 6.45) is 0. The lowest BCUT2D eigenvalue weighted by molar-refractivity contribution is 0.402. The molecule has 2 rings (SSSR count). The van der Waals surface area contributed by atoms with E-state index in [1.54, 1.807) is 30.3 Å². The molecule has 2 aromatic rings. The molecule has 0 saturated heterocycles. The van der Waals surface area contributed by atoms with Gasteiger partial charge in [-0.25, -0.2) is 8.42 Å². The normalized spacial score (nSPS) is 11.2. The highest BCUT2D eigenvalue weighted by atomic mass is 32.2. The van der Waals surface area contributed by atoms with Gasteiger partial charge in [-0.1, -0.05) is 18.2 Å². The number of nitrogens with one attached hydrogen (secondary N) is 1. The van der Waals surface area contributed by atoms with Gasteiger partial charge < -0.3 is 10.5 Å². The monoisotopic (exact) mass is 306 g/mol. The van der Waals surface area contributed by atoms with Crippen LogP contribution in [-0.2, 0) is 16.6 Å². The molecular weight excluding hydrogens is 288 g/mol. The van der Waals surface area contributed by atoms with Gasteiger partial charge in [0.1, 0.15) is 10.6 Å². The first kappa shape index (κ1) is 15.3. The van der Waals surface area contributed by atoms with Gasteiger partial charge >= 0.3 is 0 Å². The predicted octanol–water partition coefficient (Wildman–Crippen LogP) is 2.26. The molecule has 0 saturated carbocycles. The van der Waals surface area contributed by atoms with Crippen LogP contribution in [0, 0.1) is 6.92 Å². The molecule has 0 aliphatic carbocycles. The molecule has 0 radical (unpaired) electrons. The Balaban J connectivity index is 2.40. The summed E-state index contributed by atoms with van der Waals surface area (Å²) >= 11 is 0. The zero-order chi connectivity index (χ0) is 15.5. The maximum Gasteiger partial charge on any atom is 0.265 e. The highest BCUT2D eigenvalue weighted by molar-refractivity contribution is 7.92. The Morgan fingerprint density at radius 3 is 2.57 bits per heavy atom. The Kier molecular flexibility index (Phi) is 4.50. The van der Waals surface area contributed by atoms with Crippen LogP contribution in [-0.4, -0.2) is 15.5 Å². The molecule has 112 valence electrons. The van der Waals surface area contributed by atoms with E-state index in [4.69, 9.17) is 10.5 Å². The lowest BCUT2D eigenvalue weighted by atomic mass is 10.2. The Bertz CT molecular complexity index is 742. The minimum absolute atomic E-state index is 0.0868. The van der Waals surface area contributed by atoms with Gasteiger partial charge in [0.05, 0.1) is 7.11 Å². The SMILES string of the molecule is COc1cc(CN)ccc1S(=O)(=O)Nc1cccc(C)c1. The van der Waals surface area contributed by atoms with E-state index in [0.717, 1.165) is 11.1 Å². The first-order chi connectivity index (χ1) is 9.96. The van der Waals surface area contributed by atoms with Crippen LogP contribution in [0.4, 0.5) is 5.69 Å². The van der Waals surface area contributed by atoms with Crippen LogP contribution in [0.5, 0.6) is 5.75 Å². The molecule has 0 amide bonds. The van der Waals surface area contributed by atoms with Crippen LogP contribution in [0.2, 0.25) is 0 Å². The predicted molar refractivity (Wildman–Crippen MR) is 82.9 cm³/mol. The number of nitrogens with two attached hydrogens (primary N) is 1. The average Bonchev–Trinajstić information content (AvgIpc) is 2.46. The van der Waals surface area contributed by atoms with Crippen molar-refractivity contribution in [2.45, 2.75) is 18.4 Å². The van der Waals surface area contributed by atoms with Crippen molar-refractivity contribution in [1.82, 2.24) is 0 Å². The van der Waals surface area contributed by atoms with Gasteiger partial charge in [0, 0.05) is 12.2 Å².